The summed E-state index contributed by atoms with van der Waals surface area (Å²) >= 11 is 0. The second kappa shape index (κ2) is 10.3. The molecule has 5 nitrogen and oxygen atoms in total. The number of para-hydroxylation sites is 1. The average molecular weight is 419 g/mol. The molecule has 6 heteroatoms. The van der Waals surface area contributed by atoms with E-state index in [9.17, 15) is 4.79 Å². The summed E-state index contributed by atoms with van der Waals surface area (Å²) in [6, 6.07) is 8.27. The lowest BCUT2D eigenvalue weighted by Gasteiger charge is -2.29. The van der Waals surface area contributed by atoms with Crippen molar-refractivity contribution in [2.45, 2.75) is 53.5 Å². The lowest BCUT2D eigenvalue weighted by atomic mass is 9.85. The third-order valence-electron chi connectivity index (χ3n) is 6.24. The SMILES string of the molecule is Cc1ccccc1-n1nc(C)c(CN(C)C(=O)CC(C)C2CCCNC2)c1C.Cl. The van der Waals surface area contributed by atoms with Crippen LogP contribution < -0.4 is 5.32 Å². The molecule has 0 aliphatic carbocycles. The summed E-state index contributed by atoms with van der Waals surface area (Å²) in [5, 5.41) is 8.22. The van der Waals surface area contributed by atoms with Crippen molar-refractivity contribution >= 4 is 18.3 Å². The highest BCUT2D eigenvalue weighted by molar-refractivity contribution is 5.85. The predicted molar refractivity (Wildman–Crippen MR) is 121 cm³/mol. The Bertz CT molecular complexity index is 826. The van der Waals surface area contributed by atoms with Crippen molar-refractivity contribution < 1.29 is 4.79 Å². The van der Waals surface area contributed by atoms with Crippen LogP contribution in [-0.4, -0.2) is 40.7 Å². The van der Waals surface area contributed by atoms with Crippen molar-refractivity contribution in [3.63, 3.8) is 0 Å². The summed E-state index contributed by atoms with van der Waals surface area (Å²) in [5.74, 6) is 1.25. The molecule has 29 heavy (non-hydrogen) atoms. The number of nitrogens with one attached hydrogen (secondary N) is 1. The van der Waals surface area contributed by atoms with Gasteiger partial charge in [-0.25, -0.2) is 4.68 Å². The average Bonchev–Trinajstić information content (AvgIpc) is 2.97. The smallest absolute Gasteiger partial charge is 0.222 e. The summed E-state index contributed by atoms with van der Waals surface area (Å²) in [4.78, 5) is 14.7. The molecular formula is C23H35ClN4O. The lowest BCUT2D eigenvalue weighted by molar-refractivity contribution is -0.131. The zero-order valence-electron chi connectivity index (χ0n) is 18.4. The molecule has 0 radical (unpaired) electrons. The summed E-state index contributed by atoms with van der Waals surface area (Å²) in [6.07, 6.45) is 3.06. The Kier molecular flexibility index (Phi) is 8.29. The van der Waals surface area contributed by atoms with Crippen LogP contribution in [0.1, 0.15) is 48.7 Å². The van der Waals surface area contributed by atoms with Gasteiger partial charge in [0, 0.05) is 31.3 Å². The van der Waals surface area contributed by atoms with Crippen LogP contribution in [0.2, 0.25) is 0 Å². The third kappa shape index (κ3) is 5.40. The maximum atomic E-state index is 12.8. The van der Waals surface area contributed by atoms with Crippen molar-refractivity contribution in [1.82, 2.24) is 20.0 Å². The molecule has 2 atom stereocenters. The molecule has 1 aliphatic rings. The summed E-state index contributed by atoms with van der Waals surface area (Å²) in [6.45, 7) is 11.2. The van der Waals surface area contributed by atoms with Gasteiger partial charge in [0.05, 0.1) is 11.4 Å². The molecule has 3 rings (SSSR count). The highest BCUT2D eigenvalue weighted by Crippen LogP contribution is 2.25. The van der Waals surface area contributed by atoms with E-state index in [0.29, 0.717) is 24.8 Å². The molecule has 0 spiro atoms. The third-order valence-corrected chi connectivity index (χ3v) is 6.24. The van der Waals surface area contributed by atoms with E-state index < -0.39 is 0 Å². The van der Waals surface area contributed by atoms with E-state index in [1.54, 1.807) is 0 Å². The summed E-state index contributed by atoms with van der Waals surface area (Å²) < 4.78 is 2.01. The normalized spacial score (nSPS) is 17.5. The molecule has 0 bridgehead atoms. The van der Waals surface area contributed by atoms with E-state index in [-0.39, 0.29) is 18.3 Å². The number of nitrogens with zero attached hydrogens (tertiary/aromatic N) is 3. The van der Waals surface area contributed by atoms with Crippen molar-refractivity contribution in [3.05, 3.63) is 46.8 Å². The number of benzene rings is 1. The van der Waals surface area contributed by atoms with Crippen molar-refractivity contribution in [3.8, 4) is 5.69 Å². The van der Waals surface area contributed by atoms with Gasteiger partial charge in [-0.1, -0.05) is 25.1 Å². The fourth-order valence-corrected chi connectivity index (χ4v) is 4.23. The Hall–Kier alpha value is -1.85. The molecule has 1 saturated heterocycles. The standard InChI is InChI=1S/C23H34N4O.ClH/c1-16-9-6-7-11-22(16)27-19(4)21(18(3)25-27)15-26(5)23(28)13-17(2)20-10-8-12-24-14-20;/h6-7,9,11,17,20,24H,8,10,12-15H2,1-5H3;1H. The molecule has 1 amide bonds. The first kappa shape index (κ1) is 23.4. The summed E-state index contributed by atoms with van der Waals surface area (Å²) in [7, 11) is 1.91. The Morgan fingerprint density at radius 3 is 2.69 bits per heavy atom. The minimum absolute atomic E-state index is 0. The van der Waals surface area contributed by atoms with Gasteiger partial charge in [0.25, 0.3) is 0 Å². The molecule has 2 aromatic rings. The highest BCUT2D eigenvalue weighted by Gasteiger charge is 2.24. The molecular weight excluding hydrogens is 384 g/mol. The number of halogens is 1. The molecule has 1 aromatic carbocycles. The topological polar surface area (TPSA) is 50.2 Å². The van der Waals surface area contributed by atoms with Crippen LogP contribution >= 0.6 is 12.4 Å². The number of carbonyl (C=O) groups is 1. The number of aromatic nitrogens is 2. The molecule has 1 aromatic heterocycles. The number of piperidine rings is 1. The fourth-order valence-electron chi connectivity index (χ4n) is 4.23. The molecule has 160 valence electrons. The first-order chi connectivity index (χ1) is 13.4. The second-order valence-corrected chi connectivity index (χ2v) is 8.39. The van der Waals surface area contributed by atoms with Gasteiger partial charge in [0.2, 0.25) is 5.91 Å². The molecule has 2 heterocycles. The van der Waals surface area contributed by atoms with E-state index in [1.807, 2.05) is 35.7 Å². The van der Waals surface area contributed by atoms with Crippen molar-refractivity contribution in [2.75, 3.05) is 20.1 Å². The maximum absolute atomic E-state index is 12.8. The number of hydrogen-bond acceptors (Lipinski definition) is 3. The van der Waals surface area contributed by atoms with Crippen LogP contribution in [0.3, 0.4) is 0 Å². The van der Waals surface area contributed by atoms with Gasteiger partial charge in [-0.15, -0.1) is 12.4 Å². The Labute approximate surface area is 181 Å². The largest absolute Gasteiger partial charge is 0.341 e. The number of hydrogen-bond donors (Lipinski definition) is 1. The summed E-state index contributed by atoms with van der Waals surface area (Å²) in [5.41, 5.74) is 5.53. The monoisotopic (exact) mass is 418 g/mol. The van der Waals surface area contributed by atoms with Gasteiger partial charge in [-0.3, -0.25) is 4.79 Å². The van der Waals surface area contributed by atoms with Gasteiger partial charge in [-0.2, -0.15) is 5.10 Å². The van der Waals surface area contributed by atoms with Crippen LogP contribution in [0.15, 0.2) is 24.3 Å². The number of aryl methyl sites for hydroxylation is 2. The lowest BCUT2D eigenvalue weighted by Crippen LogP contribution is -2.36. The van der Waals surface area contributed by atoms with E-state index >= 15 is 0 Å². The Morgan fingerprint density at radius 1 is 1.31 bits per heavy atom. The molecule has 1 N–H and O–H groups in total. The van der Waals surface area contributed by atoms with Gasteiger partial charge < -0.3 is 10.2 Å². The first-order valence-corrected chi connectivity index (χ1v) is 10.4. The molecule has 1 fully saturated rings. The molecule has 1 aliphatic heterocycles. The van der Waals surface area contributed by atoms with Crippen LogP contribution in [0.5, 0.6) is 0 Å². The fraction of sp³-hybridized carbons (Fsp3) is 0.565. The molecule has 2 unspecified atom stereocenters. The quantitative estimate of drug-likeness (QED) is 0.764. The predicted octanol–water partition coefficient (Wildman–Crippen LogP) is 4.20. The maximum Gasteiger partial charge on any atom is 0.222 e. The zero-order chi connectivity index (χ0) is 20.3. The second-order valence-electron chi connectivity index (χ2n) is 8.39. The Morgan fingerprint density at radius 2 is 2.03 bits per heavy atom. The first-order valence-electron chi connectivity index (χ1n) is 10.4. The minimum Gasteiger partial charge on any atom is -0.341 e. The number of rotatable bonds is 6. The highest BCUT2D eigenvalue weighted by atomic mass is 35.5. The van der Waals surface area contributed by atoms with Crippen LogP contribution in [-0.2, 0) is 11.3 Å². The van der Waals surface area contributed by atoms with E-state index in [4.69, 9.17) is 5.10 Å². The van der Waals surface area contributed by atoms with Gasteiger partial charge in [-0.05, 0) is 70.2 Å². The van der Waals surface area contributed by atoms with Gasteiger partial charge in [0.1, 0.15) is 0 Å². The van der Waals surface area contributed by atoms with Crippen LogP contribution in [0.25, 0.3) is 5.69 Å². The van der Waals surface area contributed by atoms with Crippen molar-refractivity contribution in [2.24, 2.45) is 11.8 Å². The Balaban J connectivity index is 0.00000300. The van der Waals surface area contributed by atoms with Crippen molar-refractivity contribution in [1.29, 1.82) is 0 Å². The zero-order valence-corrected chi connectivity index (χ0v) is 19.2. The van der Waals surface area contributed by atoms with E-state index in [2.05, 4.69) is 38.2 Å². The van der Waals surface area contributed by atoms with Gasteiger partial charge in [0.15, 0.2) is 0 Å². The van der Waals surface area contributed by atoms with E-state index in [1.165, 1.54) is 18.4 Å². The number of carbonyl (C=O) groups excluding carboxylic acids is 1. The van der Waals surface area contributed by atoms with Crippen LogP contribution in [0.4, 0.5) is 0 Å². The van der Waals surface area contributed by atoms with Crippen LogP contribution in [0, 0.1) is 32.6 Å². The molecule has 0 saturated carbocycles. The van der Waals surface area contributed by atoms with E-state index in [0.717, 1.165) is 35.7 Å². The van der Waals surface area contributed by atoms with Gasteiger partial charge >= 0.3 is 0 Å². The number of amides is 1. The minimum atomic E-state index is 0.